The Morgan fingerprint density at radius 3 is 2.31 bits per heavy atom. The molecular formula is C19H24Cl2N2O5S. The predicted molar refractivity (Wildman–Crippen MR) is 110 cm³/mol. The zero-order valence-corrected chi connectivity index (χ0v) is 18.4. The summed E-state index contributed by atoms with van der Waals surface area (Å²) in [6, 6.07) is 2.24. The van der Waals surface area contributed by atoms with Crippen LogP contribution in [0.15, 0.2) is 17.0 Å². The third kappa shape index (κ3) is 5.84. The molecule has 0 spiro atoms. The molecule has 0 aliphatic heterocycles. The molecule has 2 N–H and O–H groups in total. The van der Waals surface area contributed by atoms with Crippen molar-refractivity contribution >= 4 is 45.1 Å². The topological polar surface area (TPSA) is 102 Å². The molecule has 1 aromatic carbocycles. The van der Waals surface area contributed by atoms with Crippen LogP contribution in [-0.2, 0) is 19.6 Å². The molecule has 2 saturated carbocycles. The second kappa shape index (κ2) is 9.20. The Kier molecular flexibility index (Phi) is 7.09. The third-order valence-corrected chi connectivity index (χ3v) is 7.33. The van der Waals surface area contributed by atoms with Crippen LogP contribution in [0, 0.1) is 0 Å². The minimum absolute atomic E-state index is 0.0507. The van der Waals surface area contributed by atoms with Crippen LogP contribution in [-0.4, -0.2) is 38.5 Å². The second-order valence-corrected chi connectivity index (χ2v) is 10.0. The number of hydrogen-bond donors (Lipinski definition) is 2. The van der Waals surface area contributed by atoms with Crippen molar-refractivity contribution in [2.24, 2.45) is 0 Å². The fourth-order valence-electron chi connectivity index (χ4n) is 3.22. The van der Waals surface area contributed by atoms with Gasteiger partial charge in [0.2, 0.25) is 10.0 Å². The maximum Gasteiger partial charge on any atom is 0.340 e. The van der Waals surface area contributed by atoms with Gasteiger partial charge in [-0.1, -0.05) is 42.5 Å². The van der Waals surface area contributed by atoms with Crippen LogP contribution >= 0.6 is 23.2 Å². The zero-order chi connectivity index (χ0) is 21.2. The van der Waals surface area contributed by atoms with Crippen molar-refractivity contribution in [1.29, 1.82) is 0 Å². The van der Waals surface area contributed by atoms with E-state index < -0.39 is 28.0 Å². The zero-order valence-electron chi connectivity index (χ0n) is 16.0. The van der Waals surface area contributed by atoms with Gasteiger partial charge in [0, 0.05) is 12.1 Å². The highest BCUT2D eigenvalue weighted by Crippen LogP contribution is 2.31. The first-order valence-corrected chi connectivity index (χ1v) is 11.9. The van der Waals surface area contributed by atoms with Crippen LogP contribution in [0.2, 0.25) is 10.0 Å². The minimum Gasteiger partial charge on any atom is -0.449 e. The number of halogens is 2. The van der Waals surface area contributed by atoms with E-state index in [1.807, 2.05) is 0 Å². The molecule has 7 nitrogen and oxygen atoms in total. The Morgan fingerprint density at radius 1 is 1.03 bits per heavy atom. The predicted octanol–water partition coefficient (Wildman–Crippen LogP) is 3.43. The van der Waals surface area contributed by atoms with E-state index in [2.05, 4.69) is 10.0 Å². The number of nitrogens with one attached hydrogen (secondary N) is 2. The van der Waals surface area contributed by atoms with Gasteiger partial charge >= 0.3 is 5.97 Å². The van der Waals surface area contributed by atoms with Crippen LogP contribution < -0.4 is 10.0 Å². The van der Waals surface area contributed by atoms with Crippen molar-refractivity contribution in [3.63, 3.8) is 0 Å². The number of amides is 1. The first-order valence-electron chi connectivity index (χ1n) is 9.70. The average Bonchev–Trinajstić information content (AvgIpc) is 3.45. The van der Waals surface area contributed by atoms with Crippen molar-refractivity contribution in [1.82, 2.24) is 10.0 Å². The van der Waals surface area contributed by atoms with Crippen molar-refractivity contribution in [2.75, 3.05) is 0 Å². The Labute approximate surface area is 180 Å². The lowest BCUT2D eigenvalue weighted by molar-refractivity contribution is -0.130. The molecule has 0 aromatic heterocycles. The van der Waals surface area contributed by atoms with Gasteiger partial charge in [0.25, 0.3) is 5.91 Å². The van der Waals surface area contributed by atoms with Crippen molar-refractivity contribution in [3.8, 4) is 0 Å². The Hall–Kier alpha value is -1.35. The number of carbonyl (C=O) groups excluding carboxylic acids is 2. The number of hydrogen-bond acceptors (Lipinski definition) is 5. The highest BCUT2D eigenvalue weighted by Gasteiger charge is 2.31. The molecule has 1 amide bonds. The molecule has 0 radical (unpaired) electrons. The first-order chi connectivity index (χ1) is 13.7. The second-order valence-electron chi connectivity index (χ2n) is 7.55. The third-order valence-electron chi connectivity index (χ3n) is 5.03. The summed E-state index contributed by atoms with van der Waals surface area (Å²) in [5, 5.41) is 2.74. The van der Waals surface area contributed by atoms with Gasteiger partial charge in [0.1, 0.15) is 4.90 Å². The number of carbonyl (C=O) groups is 2. The number of benzene rings is 1. The molecule has 3 rings (SSSR count). The average molecular weight is 463 g/mol. The van der Waals surface area contributed by atoms with Crippen LogP contribution in [0.3, 0.4) is 0 Å². The molecule has 160 valence electrons. The van der Waals surface area contributed by atoms with Crippen LogP contribution in [0.1, 0.15) is 62.2 Å². The highest BCUT2D eigenvalue weighted by atomic mass is 35.5. The van der Waals surface area contributed by atoms with Gasteiger partial charge in [-0.2, -0.15) is 0 Å². The maximum absolute atomic E-state index is 12.6. The monoisotopic (exact) mass is 462 g/mol. The molecule has 1 unspecified atom stereocenters. The summed E-state index contributed by atoms with van der Waals surface area (Å²) in [5.74, 6) is -1.28. The van der Waals surface area contributed by atoms with Crippen molar-refractivity contribution in [2.45, 2.75) is 75.0 Å². The van der Waals surface area contributed by atoms with Crippen LogP contribution in [0.5, 0.6) is 0 Å². The largest absolute Gasteiger partial charge is 0.449 e. The summed E-state index contributed by atoms with van der Waals surface area (Å²) in [6.45, 7) is 1.46. The summed E-state index contributed by atoms with van der Waals surface area (Å²) in [6.07, 6.45) is 5.57. The quantitative estimate of drug-likeness (QED) is 0.604. The van der Waals surface area contributed by atoms with Gasteiger partial charge in [0.15, 0.2) is 6.10 Å². The normalized spacial score (nSPS) is 18.9. The molecular weight excluding hydrogens is 439 g/mol. The smallest absolute Gasteiger partial charge is 0.340 e. The van der Waals surface area contributed by atoms with Crippen molar-refractivity contribution in [3.05, 3.63) is 27.7 Å². The molecule has 10 heteroatoms. The maximum atomic E-state index is 12.6. The minimum atomic E-state index is -3.89. The summed E-state index contributed by atoms with van der Waals surface area (Å²) >= 11 is 12.1. The molecule has 0 heterocycles. The van der Waals surface area contributed by atoms with E-state index >= 15 is 0 Å². The molecule has 2 aliphatic carbocycles. The molecule has 29 heavy (non-hydrogen) atoms. The van der Waals surface area contributed by atoms with Gasteiger partial charge in [-0.25, -0.2) is 17.9 Å². The SMILES string of the molecule is CC(OC(=O)c1cc(S(=O)(=O)NC2CC2)c(Cl)cc1Cl)C(=O)NC1CCCCC1. The molecule has 1 aromatic rings. The van der Waals surface area contributed by atoms with E-state index in [1.165, 1.54) is 13.0 Å². The van der Waals surface area contributed by atoms with Crippen LogP contribution in [0.25, 0.3) is 0 Å². The Morgan fingerprint density at radius 2 is 1.69 bits per heavy atom. The molecule has 2 fully saturated rings. The fraction of sp³-hybridized carbons (Fsp3) is 0.579. The van der Waals surface area contributed by atoms with E-state index in [0.29, 0.717) is 0 Å². The standard InChI is InChI=1S/C19H24Cl2N2O5S/c1-11(18(24)22-12-5-3-2-4-6-12)28-19(25)14-9-17(16(21)10-15(14)20)29(26,27)23-13-7-8-13/h9-13,23H,2-8H2,1H3,(H,22,24). The van der Waals surface area contributed by atoms with Gasteiger partial charge in [-0.3, -0.25) is 4.79 Å². The van der Waals surface area contributed by atoms with E-state index in [1.54, 1.807) is 0 Å². The number of ether oxygens (including phenoxy) is 1. The van der Waals surface area contributed by atoms with E-state index in [-0.39, 0.29) is 32.6 Å². The van der Waals surface area contributed by atoms with Gasteiger partial charge in [0.05, 0.1) is 15.6 Å². The Balaban J connectivity index is 1.70. The Bertz CT molecular complexity index is 896. The van der Waals surface area contributed by atoms with Crippen molar-refractivity contribution < 1.29 is 22.7 Å². The summed E-state index contributed by atoms with van der Waals surface area (Å²) in [7, 11) is -3.89. The number of sulfonamides is 1. The molecule has 1 atom stereocenters. The molecule has 2 aliphatic rings. The molecule has 0 bridgehead atoms. The van der Waals surface area contributed by atoms with E-state index in [4.69, 9.17) is 27.9 Å². The summed E-state index contributed by atoms with van der Waals surface area (Å²) in [5.41, 5.74) is -0.162. The lowest BCUT2D eigenvalue weighted by Gasteiger charge is -2.24. The summed E-state index contributed by atoms with van der Waals surface area (Å²) in [4.78, 5) is 24.6. The fourth-order valence-corrected chi connectivity index (χ4v) is 5.37. The number of rotatable bonds is 7. The van der Waals surface area contributed by atoms with E-state index in [9.17, 15) is 18.0 Å². The van der Waals surface area contributed by atoms with Gasteiger partial charge < -0.3 is 10.1 Å². The number of esters is 1. The van der Waals surface area contributed by atoms with Crippen LogP contribution in [0.4, 0.5) is 0 Å². The first kappa shape index (κ1) is 22.3. The molecule has 0 saturated heterocycles. The van der Waals surface area contributed by atoms with E-state index in [0.717, 1.165) is 51.0 Å². The highest BCUT2D eigenvalue weighted by molar-refractivity contribution is 7.89. The lowest BCUT2D eigenvalue weighted by Crippen LogP contribution is -2.42. The lowest BCUT2D eigenvalue weighted by atomic mass is 9.95. The summed E-state index contributed by atoms with van der Waals surface area (Å²) < 4.78 is 32.7. The van der Waals surface area contributed by atoms with Gasteiger partial charge in [-0.05, 0) is 44.7 Å². The van der Waals surface area contributed by atoms with Gasteiger partial charge in [-0.15, -0.1) is 0 Å².